The molecule has 2 rings (SSSR count). The van der Waals surface area contributed by atoms with Gasteiger partial charge in [0, 0.05) is 22.6 Å². The minimum absolute atomic E-state index is 0.314. The van der Waals surface area contributed by atoms with Crippen LogP contribution in [0.4, 0.5) is 21.5 Å². The molecule has 0 aliphatic rings. The lowest BCUT2D eigenvalue weighted by atomic mass is 10.1. The number of amides is 1. The predicted octanol–water partition coefficient (Wildman–Crippen LogP) is 2.55. The second kappa shape index (κ2) is 4.97. The lowest BCUT2D eigenvalue weighted by Crippen LogP contribution is -2.13. The van der Waals surface area contributed by atoms with Gasteiger partial charge in [-0.05, 0) is 48.9 Å². The highest BCUT2D eigenvalue weighted by molar-refractivity contribution is 6.05. The maximum absolute atomic E-state index is 13.1. The molecule has 5 N–H and O–H groups in total. The van der Waals surface area contributed by atoms with Crippen molar-refractivity contribution in [1.29, 1.82) is 0 Å². The number of halogens is 1. The molecule has 0 spiro atoms. The third-order valence-electron chi connectivity index (χ3n) is 2.66. The van der Waals surface area contributed by atoms with Crippen molar-refractivity contribution in [2.75, 3.05) is 16.8 Å². The van der Waals surface area contributed by atoms with Gasteiger partial charge in [-0.3, -0.25) is 4.79 Å². The van der Waals surface area contributed by atoms with E-state index < -0.39 is 0 Å². The second-order valence-corrected chi connectivity index (χ2v) is 4.31. The minimum Gasteiger partial charge on any atom is -0.399 e. The zero-order chi connectivity index (χ0) is 14.0. The number of carbonyl (C=O) groups is 1. The van der Waals surface area contributed by atoms with Gasteiger partial charge in [0.2, 0.25) is 0 Å². The standard InChI is InChI=1S/C14H14FN3O/c1-8-4-12(2-3-13(8)15)18-14(19)9-5-10(16)7-11(17)6-9/h2-7H,16-17H2,1H3,(H,18,19). The highest BCUT2D eigenvalue weighted by Gasteiger charge is 2.08. The van der Waals surface area contributed by atoms with Gasteiger partial charge < -0.3 is 16.8 Å². The van der Waals surface area contributed by atoms with Crippen LogP contribution in [0.15, 0.2) is 36.4 Å². The van der Waals surface area contributed by atoms with Crippen molar-refractivity contribution in [1.82, 2.24) is 0 Å². The van der Waals surface area contributed by atoms with Crippen molar-refractivity contribution in [2.24, 2.45) is 0 Å². The van der Waals surface area contributed by atoms with Crippen LogP contribution < -0.4 is 16.8 Å². The van der Waals surface area contributed by atoms with Crippen molar-refractivity contribution in [3.8, 4) is 0 Å². The molecular weight excluding hydrogens is 245 g/mol. The van der Waals surface area contributed by atoms with E-state index in [1.54, 1.807) is 19.1 Å². The van der Waals surface area contributed by atoms with Crippen LogP contribution in [0.3, 0.4) is 0 Å². The first-order valence-corrected chi connectivity index (χ1v) is 5.69. The molecule has 0 aromatic heterocycles. The van der Waals surface area contributed by atoms with Gasteiger partial charge >= 0.3 is 0 Å². The first kappa shape index (κ1) is 12.9. The number of aryl methyl sites for hydroxylation is 1. The monoisotopic (exact) mass is 259 g/mol. The summed E-state index contributed by atoms with van der Waals surface area (Å²) >= 11 is 0. The van der Waals surface area contributed by atoms with Gasteiger partial charge in [0.25, 0.3) is 5.91 Å². The topological polar surface area (TPSA) is 81.1 Å². The summed E-state index contributed by atoms with van der Waals surface area (Å²) in [5.41, 5.74) is 13.4. The molecule has 0 unspecified atom stereocenters. The molecule has 0 radical (unpaired) electrons. The minimum atomic E-state index is -0.343. The normalized spacial score (nSPS) is 10.2. The molecule has 0 aliphatic carbocycles. The molecule has 0 fully saturated rings. The summed E-state index contributed by atoms with van der Waals surface area (Å²) < 4.78 is 13.1. The van der Waals surface area contributed by atoms with Gasteiger partial charge in [-0.2, -0.15) is 0 Å². The summed E-state index contributed by atoms with van der Waals surface area (Å²) in [5.74, 6) is -0.656. The highest BCUT2D eigenvalue weighted by Crippen LogP contribution is 2.17. The predicted molar refractivity (Wildman–Crippen MR) is 74.4 cm³/mol. The number of carbonyl (C=O) groups excluding carboxylic acids is 1. The molecule has 0 saturated carbocycles. The molecule has 4 nitrogen and oxygen atoms in total. The van der Waals surface area contributed by atoms with Gasteiger partial charge in [-0.25, -0.2) is 4.39 Å². The molecule has 0 bridgehead atoms. The molecule has 5 heteroatoms. The number of benzene rings is 2. The average molecular weight is 259 g/mol. The van der Waals surface area contributed by atoms with Gasteiger partial charge in [-0.15, -0.1) is 0 Å². The Labute approximate surface area is 110 Å². The molecule has 2 aromatic carbocycles. The molecule has 1 amide bonds. The molecule has 19 heavy (non-hydrogen) atoms. The van der Waals surface area contributed by atoms with Crippen LogP contribution in [0.25, 0.3) is 0 Å². The number of nitrogens with one attached hydrogen (secondary N) is 1. The molecule has 98 valence electrons. The average Bonchev–Trinajstić information content (AvgIpc) is 2.32. The van der Waals surface area contributed by atoms with Crippen LogP contribution in [0.2, 0.25) is 0 Å². The van der Waals surface area contributed by atoms with Crippen LogP contribution >= 0.6 is 0 Å². The van der Waals surface area contributed by atoms with Crippen molar-refractivity contribution in [3.05, 3.63) is 53.3 Å². The molecule has 0 saturated heterocycles. The lowest BCUT2D eigenvalue weighted by molar-refractivity contribution is 0.102. The number of rotatable bonds is 2. The van der Waals surface area contributed by atoms with E-state index in [0.29, 0.717) is 28.2 Å². The van der Waals surface area contributed by atoms with Crippen LogP contribution in [0, 0.1) is 12.7 Å². The fourth-order valence-electron chi connectivity index (χ4n) is 1.73. The second-order valence-electron chi connectivity index (χ2n) is 4.31. The molecule has 2 aromatic rings. The Bertz CT molecular complexity index is 620. The fourth-order valence-corrected chi connectivity index (χ4v) is 1.73. The number of nitrogen functional groups attached to an aromatic ring is 2. The maximum Gasteiger partial charge on any atom is 0.255 e. The Morgan fingerprint density at radius 2 is 1.74 bits per heavy atom. The summed E-state index contributed by atoms with van der Waals surface area (Å²) in [4.78, 5) is 12.0. The van der Waals surface area contributed by atoms with Crippen LogP contribution in [-0.4, -0.2) is 5.91 Å². The molecule has 0 heterocycles. The van der Waals surface area contributed by atoms with E-state index in [-0.39, 0.29) is 11.7 Å². The van der Waals surface area contributed by atoms with Crippen LogP contribution in [0.1, 0.15) is 15.9 Å². The SMILES string of the molecule is Cc1cc(NC(=O)c2cc(N)cc(N)c2)ccc1F. The van der Waals surface area contributed by atoms with Crippen molar-refractivity contribution < 1.29 is 9.18 Å². The fraction of sp³-hybridized carbons (Fsp3) is 0.0714. The highest BCUT2D eigenvalue weighted by atomic mass is 19.1. The van der Waals surface area contributed by atoms with Gasteiger partial charge in [-0.1, -0.05) is 0 Å². The summed E-state index contributed by atoms with van der Waals surface area (Å²) in [5, 5.41) is 2.66. The zero-order valence-corrected chi connectivity index (χ0v) is 10.4. The first-order valence-electron chi connectivity index (χ1n) is 5.69. The van der Waals surface area contributed by atoms with E-state index in [1.165, 1.54) is 24.3 Å². The third kappa shape index (κ3) is 3.01. The van der Waals surface area contributed by atoms with E-state index >= 15 is 0 Å². The number of anilines is 3. The maximum atomic E-state index is 13.1. The summed E-state index contributed by atoms with van der Waals surface area (Å²) in [6, 6.07) is 8.99. The van der Waals surface area contributed by atoms with Gasteiger partial charge in [0.1, 0.15) is 5.82 Å². The lowest BCUT2D eigenvalue weighted by Gasteiger charge is -2.08. The Hall–Kier alpha value is -2.56. The smallest absolute Gasteiger partial charge is 0.255 e. The number of hydrogen-bond donors (Lipinski definition) is 3. The Balaban J connectivity index is 2.22. The van der Waals surface area contributed by atoms with E-state index in [9.17, 15) is 9.18 Å². The quantitative estimate of drug-likeness (QED) is 0.725. The van der Waals surface area contributed by atoms with E-state index in [4.69, 9.17) is 11.5 Å². The van der Waals surface area contributed by atoms with E-state index in [2.05, 4.69) is 5.32 Å². The van der Waals surface area contributed by atoms with E-state index in [1.807, 2.05) is 0 Å². The van der Waals surface area contributed by atoms with Gasteiger partial charge in [0.15, 0.2) is 0 Å². The Kier molecular flexibility index (Phi) is 3.37. The summed E-state index contributed by atoms with van der Waals surface area (Å²) in [7, 11) is 0. The zero-order valence-electron chi connectivity index (χ0n) is 10.4. The summed E-state index contributed by atoms with van der Waals surface area (Å²) in [6.07, 6.45) is 0. The number of nitrogens with two attached hydrogens (primary N) is 2. The van der Waals surface area contributed by atoms with Crippen LogP contribution in [0.5, 0.6) is 0 Å². The summed E-state index contributed by atoms with van der Waals surface area (Å²) in [6.45, 7) is 1.63. The Morgan fingerprint density at radius 3 is 2.32 bits per heavy atom. The molecule has 0 atom stereocenters. The van der Waals surface area contributed by atoms with Gasteiger partial charge in [0.05, 0.1) is 0 Å². The van der Waals surface area contributed by atoms with Crippen molar-refractivity contribution in [3.63, 3.8) is 0 Å². The third-order valence-corrected chi connectivity index (χ3v) is 2.66. The molecular formula is C14H14FN3O. The Morgan fingerprint density at radius 1 is 1.11 bits per heavy atom. The largest absolute Gasteiger partial charge is 0.399 e. The van der Waals surface area contributed by atoms with E-state index in [0.717, 1.165) is 0 Å². The first-order chi connectivity index (χ1) is 8.95. The van der Waals surface area contributed by atoms with Crippen molar-refractivity contribution in [2.45, 2.75) is 6.92 Å². The number of hydrogen-bond acceptors (Lipinski definition) is 3. The van der Waals surface area contributed by atoms with Crippen LogP contribution in [-0.2, 0) is 0 Å². The molecule has 0 aliphatic heterocycles. The van der Waals surface area contributed by atoms with Crippen molar-refractivity contribution >= 4 is 23.0 Å².